The minimum Gasteiger partial charge on any atom is -0.480 e. The monoisotopic (exact) mass is 352 g/mol. The van der Waals surface area contributed by atoms with E-state index in [2.05, 4.69) is 20.9 Å². The van der Waals surface area contributed by atoms with E-state index in [1.807, 2.05) is 31.2 Å². The van der Waals surface area contributed by atoms with E-state index in [1.165, 1.54) is 0 Å². The number of nitrogens with zero attached hydrogens (tertiary/aromatic N) is 2. The minimum absolute atomic E-state index is 0.0101. The Bertz CT molecular complexity index is 595. The highest BCUT2D eigenvalue weighted by Gasteiger charge is 2.13. The Hall–Kier alpha value is -1.66. The predicted molar refractivity (Wildman–Crippen MR) is 82.8 cm³/mol. The molecule has 0 bridgehead atoms. The molecule has 21 heavy (non-hydrogen) atoms. The maximum absolute atomic E-state index is 10.8. The summed E-state index contributed by atoms with van der Waals surface area (Å²) in [6.45, 7) is 3.10. The van der Waals surface area contributed by atoms with E-state index in [1.54, 1.807) is 11.1 Å². The Morgan fingerprint density at radius 1 is 1.38 bits per heavy atom. The summed E-state index contributed by atoms with van der Waals surface area (Å²) in [5.74, 6) is 0.370. The highest BCUT2D eigenvalue weighted by molar-refractivity contribution is 9.10. The van der Waals surface area contributed by atoms with E-state index >= 15 is 0 Å². The van der Waals surface area contributed by atoms with Gasteiger partial charge in [0.25, 0.3) is 0 Å². The second kappa shape index (κ2) is 7.38. The fraction of sp³-hybridized carbons (Fsp3) is 0.333. The van der Waals surface area contributed by atoms with Gasteiger partial charge in [-0.05, 0) is 25.1 Å². The molecule has 0 unspecified atom stereocenters. The first-order chi connectivity index (χ1) is 10.1. The lowest BCUT2D eigenvalue weighted by molar-refractivity contribution is -0.138. The first kappa shape index (κ1) is 15.7. The molecule has 6 heteroatoms. The number of hydrogen-bond acceptors (Lipinski definition) is 4. The van der Waals surface area contributed by atoms with Crippen molar-refractivity contribution in [1.82, 2.24) is 9.88 Å². The Labute approximate surface area is 131 Å². The molecule has 0 aliphatic heterocycles. The van der Waals surface area contributed by atoms with E-state index in [4.69, 9.17) is 9.52 Å². The number of carbonyl (C=O) groups is 1. The average molecular weight is 353 g/mol. The van der Waals surface area contributed by atoms with Crippen LogP contribution in [0, 0.1) is 0 Å². The van der Waals surface area contributed by atoms with Crippen LogP contribution in [-0.2, 0) is 11.3 Å². The van der Waals surface area contributed by atoms with Crippen LogP contribution < -0.4 is 0 Å². The SMILES string of the molecule is CCCN(CC(=O)O)Cc1ncc(-c2ccc(Br)cc2)o1. The Morgan fingerprint density at radius 2 is 2.10 bits per heavy atom. The maximum atomic E-state index is 10.8. The lowest BCUT2D eigenvalue weighted by atomic mass is 10.2. The van der Waals surface area contributed by atoms with E-state index in [-0.39, 0.29) is 6.54 Å². The molecule has 0 saturated carbocycles. The van der Waals surface area contributed by atoms with Crippen LogP contribution in [0.15, 0.2) is 39.4 Å². The lowest BCUT2D eigenvalue weighted by Crippen LogP contribution is -2.30. The Morgan fingerprint density at radius 3 is 2.71 bits per heavy atom. The highest BCUT2D eigenvalue weighted by atomic mass is 79.9. The molecule has 5 nitrogen and oxygen atoms in total. The second-order valence-corrected chi connectivity index (χ2v) is 5.65. The summed E-state index contributed by atoms with van der Waals surface area (Å²) in [5, 5.41) is 8.90. The van der Waals surface area contributed by atoms with Crippen molar-refractivity contribution in [3.8, 4) is 11.3 Å². The third-order valence-electron chi connectivity index (χ3n) is 2.94. The van der Waals surface area contributed by atoms with E-state index in [0.29, 0.717) is 24.7 Å². The van der Waals surface area contributed by atoms with Gasteiger partial charge in [0.05, 0.1) is 19.3 Å². The van der Waals surface area contributed by atoms with Gasteiger partial charge in [-0.1, -0.05) is 35.0 Å². The summed E-state index contributed by atoms with van der Waals surface area (Å²) in [5.41, 5.74) is 0.942. The molecule has 0 fully saturated rings. The zero-order valence-electron chi connectivity index (χ0n) is 11.8. The number of rotatable bonds is 7. The van der Waals surface area contributed by atoms with E-state index in [0.717, 1.165) is 16.5 Å². The van der Waals surface area contributed by atoms with Gasteiger partial charge in [0.15, 0.2) is 5.76 Å². The molecule has 1 aromatic heterocycles. The summed E-state index contributed by atoms with van der Waals surface area (Å²) in [7, 11) is 0. The summed E-state index contributed by atoms with van der Waals surface area (Å²) in [6, 6.07) is 7.75. The first-order valence-corrected chi connectivity index (χ1v) is 7.52. The standard InChI is InChI=1S/C15H17BrN2O3/c1-2-7-18(10-15(19)20)9-14-17-8-13(21-14)11-3-5-12(16)6-4-11/h3-6,8H,2,7,9-10H2,1H3,(H,19,20). The number of aromatic nitrogens is 1. The number of carboxylic acid groups (broad SMARTS) is 1. The predicted octanol–water partition coefficient (Wildman–Crippen LogP) is 3.40. The smallest absolute Gasteiger partial charge is 0.317 e. The van der Waals surface area contributed by atoms with E-state index in [9.17, 15) is 4.79 Å². The van der Waals surface area contributed by atoms with Gasteiger partial charge < -0.3 is 9.52 Å². The van der Waals surface area contributed by atoms with Gasteiger partial charge in [-0.25, -0.2) is 4.98 Å². The largest absolute Gasteiger partial charge is 0.480 e. The number of halogens is 1. The molecule has 112 valence electrons. The van der Waals surface area contributed by atoms with Gasteiger partial charge in [-0.15, -0.1) is 0 Å². The molecule has 1 aromatic carbocycles. The second-order valence-electron chi connectivity index (χ2n) is 4.73. The van der Waals surface area contributed by atoms with Crippen LogP contribution in [0.5, 0.6) is 0 Å². The normalized spacial score (nSPS) is 11.0. The molecule has 0 aliphatic carbocycles. The number of carboxylic acids is 1. The lowest BCUT2D eigenvalue weighted by Gasteiger charge is -2.16. The summed E-state index contributed by atoms with van der Waals surface area (Å²) < 4.78 is 6.71. The highest BCUT2D eigenvalue weighted by Crippen LogP contribution is 2.23. The zero-order valence-corrected chi connectivity index (χ0v) is 13.3. The van der Waals surface area contributed by atoms with Gasteiger partial charge in [0, 0.05) is 10.0 Å². The first-order valence-electron chi connectivity index (χ1n) is 6.73. The molecule has 0 aliphatic rings. The van der Waals surface area contributed by atoms with Crippen LogP contribution in [-0.4, -0.2) is 34.0 Å². The third kappa shape index (κ3) is 4.68. The minimum atomic E-state index is -0.844. The van der Waals surface area contributed by atoms with Crippen LogP contribution in [0.25, 0.3) is 11.3 Å². The van der Waals surface area contributed by atoms with Crippen LogP contribution in [0.2, 0.25) is 0 Å². The van der Waals surface area contributed by atoms with Crippen molar-refractivity contribution in [3.05, 3.63) is 40.8 Å². The molecule has 1 N–H and O–H groups in total. The van der Waals surface area contributed by atoms with E-state index < -0.39 is 5.97 Å². The van der Waals surface area contributed by atoms with Crippen molar-refractivity contribution in [3.63, 3.8) is 0 Å². The van der Waals surface area contributed by atoms with Crippen LogP contribution in [0.4, 0.5) is 0 Å². The Kier molecular flexibility index (Phi) is 5.52. The van der Waals surface area contributed by atoms with Crippen molar-refractivity contribution in [2.75, 3.05) is 13.1 Å². The quantitative estimate of drug-likeness (QED) is 0.826. The molecule has 1 heterocycles. The van der Waals surface area contributed by atoms with Crippen LogP contribution >= 0.6 is 15.9 Å². The fourth-order valence-electron chi connectivity index (χ4n) is 2.04. The van der Waals surface area contributed by atoms with Gasteiger partial charge >= 0.3 is 5.97 Å². The van der Waals surface area contributed by atoms with Crippen molar-refractivity contribution in [2.45, 2.75) is 19.9 Å². The maximum Gasteiger partial charge on any atom is 0.317 e. The van der Waals surface area contributed by atoms with Crippen molar-refractivity contribution in [1.29, 1.82) is 0 Å². The molecule has 0 radical (unpaired) electrons. The molecule has 0 atom stereocenters. The molecule has 2 aromatic rings. The van der Waals surface area contributed by atoms with Crippen LogP contribution in [0.3, 0.4) is 0 Å². The number of benzene rings is 1. The van der Waals surface area contributed by atoms with Gasteiger partial charge in [0.1, 0.15) is 0 Å². The average Bonchev–Trinajstić information content (AvgIpc) is 2.87. The van der Waals surface area contributed by atoms with Crippen molar-refractivity contribution >= 4 is 21.9 Å². The van der Waals surface area contributed by atoms with Gasteiger partial charge in [-0.2, -0.15) is 0 Å². The number of aliphatic carboxylic acids is 1. The molecule has 0 spiro atoms. The molecule has 2 rings (SSSR count). The van der Waals surface area contributed by atoms with Crippen LogP contribution in [0.1, 0.15) is 19.2 Å². The fourth-order valence-corrected chi connectivity index (χ4v) is 2.31. The molecule has 0 amide bonds. The zero-order chi connectivity index (χ0) is 15.2. The molecule has 0 saturated heterocycles. The summed E-state index contributed by atoms with van der Waals surface area (Å²) in [6.07, 6.45) is 2.55. The summed E-state index contributed by atoms with van der Waals surface area (Å²) >= 11 is 3.39. The third-order valence-corrected chi connectivity index (χ3v) is 3.47. The number of oxazole rings is 1. The van der Waals surface area contributed by atoms with Gasteiger partial charge in [0.2, 0.25) is 5.89 Å². The molecular formula is C15H17BrN2O3. The van der Waals surface area contributed by atoms with Crippen molar-refractivity contribution < 1.29 is 14.3 Å². The molecular weight excluding hydrogens is 336 g/mol. The number of hydrogen-bond donors (Lipinski definition) is 1. The summed E-state index contributed by atoms with van der Waals surface area (Å²) in [4.78, 5) is 16.9. The Balaban J connectivity index is 2.07. The van der Waals surface area contributed by atoms with Gasteiger partial charge in [-0.3, -0.25) is 9.69 Å². The topological polar surface area (TPSA) is 66.6 Å². The van der Waals surface area contributed by atoms with Crippen molar-refractivity contribution in [2.24, 2.45) is 0 Å².